The van der Waals surface area contributed by atoms with Gasteiger partial charge in [0.05, 0.1) is 52.6 Å². The molecule has 0 N–H and O–H groups in total. The number of carbonyl (C=O) groups excluding carboxylic acids is 6. The van der Waals surface area contributed by atoms with Gasteiger partial charge in [0.2, 0.25) is 0 Å². The quantitative estimate of drug-likeness (QED) is 0.174. The van der Waals surface area contributed by atoms with Crippen LogP contribution >= 0.6 is 0 Å². The second-order valence-corrected chi connectivity index (χ2v) is 12.2. The van der Waals surface area contributed by atoms with Crippen molar-refractivity contribution in [3.05, 3.63) is 49.2 Å². The molecule has 2 heterocycles. The predicted molar refractivity (Wildman–Crippen MR) is 186 cm³/mol. The summed E-state index contributed by atoms with van der Waals surface area (Å²) in [7, 11) is 2.66. The molecule has 0 spiro atoms. The summed E-state index contributed by atoms with van der Waals surface area (Å²) in [5, 5.41) is 0. The molecular formula is C37H60O11. The molecule has 4 fully saturated rings. The molecule has 4 rings (SSSR count). The first-order valence-electron chi connectivity index (χ1n) is 15.6. The Labute approximate surface area is 288 Å². The van der Waals surface area contributed by atoms with E-state index in [1.165, 1.54) is 20.6 Å². The zero-order chi connectivity index (χ0) is 36.7. The summed E-state index contributed by atoms with van der Waals surface area (Å²) in [4.78, 5) is 62.7. The minimum Gasteiger partial charge on any atom is -0.498 e. The number of methoxy groups -OCH3 is 2. The standard InChI is InChI=1S/C7H10O2.C7H12O.C6H10O2.C6H8O2.2C5H8O2.CH4/c1-5-2-6(8)4-7(9)3-5;1-6-3-4-7(2)8-5-6;1-5-3-7-6(2)8-4-5;1-4-2-5(7)3-6(4)8;2*1-4(2)5(6)7-3;/h5H,2-4H2,1H3;6H,2-5H2,1H3;5H,2-4H2,1H3;4H,2-3H2,1H3;2*1H2,2-3H3;1H4. The van der Waals surface area contributed by atoms with Crippen molar-refractivity contribution in [3.63, 3.8) is 0 Å². The van der Waals surface area contributed by atoms with Gasteiger partial charge in [-0.15, -0.1) is 0 Å². The molecule has 2 atom stereocenters. The lowest BCUT2D eigenvalue weighted by Crippen LogP contribution is -2.20. The fraction of sp³-hybridized carbons (Fsp3) is 0.622. The number of ketones is 4. The number of Topliss-reactive ketones (excluding diaryl/α,β-unsaturated/α-hetero) is 4. The topological polar surface area (TPSA) is 149 Å². The maximum Gasteiger partial charge on any atom is 0.332 e. The molecule has 2 unspecified atom stereocenters. The summed E-state index contributed by atoms with van der Waals surface area (Å²) in [6, 6.07) is 0. The lowest BCUT2D eigenvalue weighted by Gasteiger charge is -2.21. The monoisotopic (exact) mass is 680 g/mol. The maximum atomic E-state index is 10.7. The van der Waals surface area contributed by atoms with Gasteiger partial charge in [-0.05, 0) is 38.7 Å². The number of allylic oxidation sites excluding steroid dienone is 1. The van der Waals surface area contributed by atoms with E-state index in [9.17, 15) is 28.8 Å². The van der Waals surface area contributed by atoms with E-state index in [-0.39, 0.29) is 61.3 Å². The van der Waals surface area contributed by atoms with E-state index >= 15 is 0 Å². The fourth-order valence-corrected chi connectivity index (χ4v) is 3.84. The van der Waals surface area contributed by atoms with Gasteiger partial charge in [0.1, 0.15) is 23.1 Å². The van der Waals surface area contributed by atoms with Gasteiger partial charge in [-0.2, -0.15) is 0 Å². The van der Waals surface area contributed by atoms with Crippen LogP contribution in [-0.2, 0) is 52.5 Å². The van der Waals surface area contributed by atoms with Crippen LogP contribution in [0.5, 0.6) is 0 Å². The van der Waals surface area contributed by atoms with E-state index in [0.717, 1.165) is 37.9 Å². The highest BCUT2D eigenvalue weighted by Crippen LogP contribution is 2.19. The second kappa shape index (κ2) is 27.0. The highest BCUT2D eigenvalue weighted by Gasteiger charge is 2.26. The summed E-state index contributed by atoms with van der Waals surface area (Å²) in [5.74, 6) is 2.70. The predicted octanol–water partition coefficient (Wildman–Crippen LogP) is 6.69. The Morgan fingerprint density at radius 2 is 1.08 bits per heavy atom. The molecule has 0 aromatic carbocycles. The summed E-state index contributed by atoms with van der Waals surface area (Å²) in [6.45, 7) is 27.5. The van der Waals surface area contributed by atoms with Crippen LogP contribution in [0.4, 0.5) is 0 Å². The van der Waals surface area contributed by atoms with Crippen molar-refractivity contribution in [1.29, 1.82) is 0 Å². The van der Waals surface area contributed by atoms with Crippen molar-refractivity contribution in [2.75, 3.05) is 34.0 Å². The van der Waals surface area contributed by atoms with Crippen molar-refractivity contribution >= 4 is 35.1 Å². The van der Waals surface area contributed by atoms with Gasteiger partial charge in [-0.25, -0.2) is 9.59 Å². The number of hydrogen-bond donors (Lipinski definition) is 0. The van der Waals surface area contributed by atoms with Gasteiger partial charge in [-0.3, -0.25) is 19.2 Å². The lowest BCUT2D eigenvalue weighted by molar-refractivity contribution is -0.136. The normalized spacial score (nSPS) is 20.0. The highest BCUT2D eigenvalue weighted by atomic mass is 16.7. The molecule has 11 heteroatoms. The lowest BCUT2D eigenvalue weighted by atomic mass is 9.89. The maximum absolute atomic E-state index is 10.7. The number of carbonyl (C=O) groups is 6. The summed E-state index contributed by atoms with van der Waals surface area (Å²) < 4.78 is 23.7. The fourth-order valence-electron chi connectivity index (χ4n) is 3.84. The van der Waals surface area contributed by atoms with Crippen molar-refractivity contribution in [2.24, 2.45) is 23.7 Å². The summed E-state index contributed by atoms with van der Waals surface area (Å²) in [5.41, 5.74) is 0.866. The van der Waals surface area contributed by atoms with Gasteiger partial charge < -0.3 is 23.7 Å². The van der Waals surface area contributed by atoms with Crippen LogP contribution < -0.4 is 0 Å². The molecule has 0 radical (unpaired) electrons. The van der Waals surface area contributed by atoms with E-state index in [4.69, 9.17) is 14.2 Å². The van der Waals surface area contributed by atoms with E-state index in [1.54, 1.807) is 20.8 Å². The van der Waals surface area contributed by atoms with E-state index in [1.807, 2.05) is 6.92 Å². The van der Waals surface area contributed by atoms with Crippen LogP contribution in [0.1, 0.15) is 93.9 Å². The average Bonchev–Trinajstić information content (AvgIpc) is 3.29. The first-order valence-corrected chi connectivity index (χ1v) is 15.6. The third-order valence-corrected chi connectivity index (χ3v) is 6.61. The molecule has 4 aliphatic rings. The van der Waals surface area contributed by atoms with Crippen LogP contribution in [0, 0.1) is 23.7 Å². The second-order valence-electron chi connectivity index (χ2n) is 12.2. The number of esters is 2. The van der Waals surface area contributed by atoms with Crippen molar-refractivity contribution in [3.8, 4) is 0 Å². The smallest absolute Gasteiger partial charge is 0.332 e. The zero-order valence-corrected chi connectivity index (χ0v) is 29.7. The van der Waals surface area contributed by atoms with Crippen LogP contribution in [0.2, 0.25) is 0 Å². The van der Waals surface area contributed by atoms with Crippen molar-refractivity contribution < 1.29 is 52.5 Å². The molecule has 48 heavy (non-hydrogen) atoms. The van der Waals surface area contributed by atoms with Crippen molar-refractivity contribution in [1.82, 2.24) is 0 Å². The van der Waals surface area contributed by atoms with Crippen LogP contribution in [0.3, 0.4) is 0 Å². The van der Waals surface area contributed by atoms with Gasteiger partial charge in [-0.1, -0.05) is 54.9 Å². The Morgan fingerprint density at radius 1 is 0.667 bits per heavy atom. The summed E-state index contributed by atoms with van der Waals surface area (Å²) in [6.07, 6.45) is 4.35. The molecule has 0 bridgehead atoms. The Hall–Kier alpha value is -4.02. The first kappa shape index (κ1) is 48.4. The molecule has 0 aromatic rings. The van der Waals surface area contributed by atoms with Crippen molar-refractivity contribution in [2.45, 2.75) is 93.9 Å². The molecule has 2 aliphatic carbocycles. The molecule has 11 nitrogen and oxygen atoms in total. The van der Waals surface area contributed by atoms with Gasteiger partial charge in [0, 0.05) is 48.7 Å². The average molecular weight is 681 g/mol. The van der Waals surface area contributed by atoms with Gasteiger partial charge >= 0.3 is 11.9 Å². The Bertz CT molecular complexity index is 1030. The Balaban J connectivity index is -0.000000506. The summed E-state index contributed by atoms with van der Waals surface area (Å²) >= 11 is 0. The minimum atomic E-state index is -0.347. The zero-order valence-electron chi connectivity index (χ0n) is 29.7. The van der Waals surface area contributed by atoms with E-state index in [2.05, 4.69) is 49.6 Å². The Kier molecular flexibility index (Phi) is 27.2. The van der Waals surface area contributed by atoms with E-state index < -0.39 is 0 Å². The highest BCUT2D eigenvalue weighted by molar-refractivity contribution is 6.06. The number of rotatable bonds is 2. The molecular weight excluding hydrogens is 620 g/mol. The molecule has 2 aliphatic heterocycles. The Morgan fingerprint density at radius 3 is 1.29 bits per heavy atom. The van der Waals surface area contributed by atoms with Gasteiger partial charge in [0.15, 0.2) is 0 Å². The van der Waals surface area contributed by atoms with Crippen LogP contribution in [0.15, 0.2) is 49.2 Å². The number of hydrogen-bond acceptors (Lipinski definition) is 11. The molecule has 274 valence electrons. The molecule has 2 saturated carbocycles. The molecule has 0 aromatic heterocycles. The molecule has 2 saturated heterocycles. The largest absolute Gasteiger partial charge is 0.498 e. The minimum absolute atomic E-state index is 0. The van der Waals surface area contributed by atoms with Crippen LogP contribution in [0.25, 0.3) is 0 Å². The first-order chi connectivity index (χ1) is 21.8. The third kappa shape index (κ3) is 26.1. The number of ether oxygens (including phenoxy) is 5. The van der Waals surface area contributed by atoms with Gasteiger partial charge in [0.25, 0.3) is 5.95 Å². The van der Waals surface area contributed by atoms with E-state index in [0.29, 0.717) is 48.2 Å². The third-order valence-electron chi connectivity index (χ3n) is 6.61. The molecule has 0 amide bonds. The SMILES string of the molecule is C.C=C(C)C(=O)OC.C=C(C)C(=O)OC.C=C1CCC(C)CO1.C=C1OCC(C)CO1.CC1CC(=O)CC(=O)C1.CC1CC(=O)CC1=O. The van der Waals surface area contributed by atoms with Crippen LogP contribution in [-0.4, -0.2) is 69.1 Å².